The molecule has 0 spiro atoms. The van der Waals surface area contributed by atoms with Crippen molar-refractivity contribution in [2.75, 3.05) is 11.4 Å². The van der Waals surface area contributed by atoms with Gasteiger partial charge in [-0.2, -0.15) is 0 Å². The summed E-state index contributed by atoms with van der Waals surface area (Å²) in [5.41, 5.74) is 1.67. The summed E-state index contributed by atoms with van der Waals surface area (Å²) < 4.78 is 14.0. The van der Waals surface area contributed by atoms with Crippen LogP contribution in [0.1, 0.15) is 22.3 Å². The maximum atomic E-state index is 14.0. The molecule has 1 aliphatic heterocycles. The molecule has 20 heavy (non-hydrogen) atoms. The van der Waals surface area contributed by atoms with Crippen molar-refractivity contribution in [3.63, 3.8) is 0 Å². The Morgan fingerprint density at radius 3 is 3.00 bits per heavy atom. The number of pyridine rings is 1. The molecule has 1 aromatic heterocycles. The first-order valence-corrected chi connectivity index (χ1v) is 6.75. The highest BCUT2D eigenvalue weighted by atomic mass is 35.5. The Bertz CT molecular complexity index is 675. The summed E-state index contributed by atoms with van der Waals surface area (Å²) in [5.74, 6) is -0.615. The molecule has 1 aromatic carbocycles. The summed E-state index contributed by atoms with van der Waals surface area (Å²) in [7, 11) is 0. The number of aryl methyl sites for hydroxylation is 1. The lowest BCUT2D eigenvalue weighted by Crippen LogP contribution is -2.36. The highest BCUT2D eigenvalue weighted by Crippen LogP contribution is 2.31. The number of amides is 1. The van der Waals surface area contributed by atoms with Gasteiger partial charge in [0.05, 0.1) is 5.69 Å². The minimum atomic E-state index is -0.365. The monoisotopic (exact) mass is 290 g/mol. The van der Waals surface area contributed by atoms with Crippen molar-refractivity contribution in [2.24, 2.45) is 0 Å². The summed E-state index contributed by atoms with van der Waals surface area (Å²) in [6, 6.07) is 8.00. The van der Waals surface area contributed by atoms with E-state index in [9.17, 15) is 9.18 Å². The van der Waals surface area contributed by atoms with Crippen LogP contribution in [0.25, 0.3) is 0 Å². The van der Waals surface area contributed by atoms with Crippen LogP contribution in [0.3, 0.4) is 0 Å². The van der Waals surface area contributed by atoms with Crippen LogP contribution >= 0.6 is 11.6 Å². The number of carbonyl (C=O) groups excluding carboxylic acids is 1. The molecule has 2 aromatic rings. The summed E-state index contributed by atoms with van der Waals surface area (Å²) >= 11 is 5.80. The zero-order valence-electron chi connectivity index (χ0n) is 10.6. The number of benzene rings is 1. The van der Waals surface area contributed by atoms with Gasteiger partial charge in [0.15, 0.2) is 0 Å². The summed E-state index contributed by atoms with van der Waals surface area (Å²) in [6.07, 6.45) is 3.08. The topological polar surface area (TPSA) is 33.2 Å². The predicted octanol–water partition coefficient (Wildman–Crippen LogP) is 3.47. The molecule has 0 saturated heterocycles. The molecule has 0 atom stereocenters. The zero-order valence-corrected chi connectivity index (χ0v) is 11.4. The van der Waals surface area contributed by atoms with Gasteiger partial charge in [0.1, 0.15) is 11.0 Å². The second-order valence-corrected chi connectivity index (χ2v) is 5.06. The van der Waals surface area contributed by atoms with Crippen molar-refractivity contribution in [1.82, 2.24) is 4.98 Å². The fourth-order valence-corrected chi connectivity index (χ4v) is 2.67. The highest BCUT2D eigenvalue weighted by Gasteiger charge is 2.26. The van der Waals surface area contributed by atoms with Gasteiger partial charge >= 0.3 is 0 Å². The third-order valence-corrected chi connectivity index (χ3v) is 3.59. The van der Waals surface area contributed by atoms with Gasteiger partial charge in [-0.05, 0) is 36.6 Å². The molecule has 3 rings (SSSR count). The average Bonchev–Trinajstić information content (AvgIpc) is 2.46. The third kappa shape index (κ3) is 2.27. The van der Waals surface area contributed by atoms with Gasteiger partial charge in [0, 0.05) is 18.3 Å². The van der Waals surface area contributed by atoms with Gasteiger partial charge in [-0.25, -0.2) is 9.37 Å². The number of fused-ring (bicyclic) bond motifs is 1. The van der Waals surface area contributed by atoms with Crippen LogP contribution in [0.2, 0.25) is 5.15 Å². The molecule has 0 saturated carbocycles. The molecular weight excluding hydrogens is 279 g/mol. The number of carbonyl (C=O) groups is 1. The van der Waals surface area contributed by atoms with E-state index < -0.39 is 0 Å². The number of halogens is 2. The van der Waals surface area contributed by atoms with Gasteiger partial charge in [-0.1, -0.05) is 23.7 Å². The first-order valence-electron chi connectivity index (χ1n) is 6.37. The predicted molar refractivity (Wildman–Crippen MR) is 75.6 cm³/mol. The number of anilines is 1. The van der Waals surface area contributed by atoms with E-state index in [-0.39, 0.29) is 16.9 Å². The Kier molecular flexibility index (Phi) is 3.40. The number of hydrogen-bond donors (Lipinski definition) is 0. The molecule has 0 unspecified atom stereocenters. The lowest BCUT2D eigenvalue weighted by atomic mass is 10.0. The van der Waals surface area contributed by atoms with Crippen molar-refractivity contribution in [3.05, 3.63) is 58.6 Å². The quantitative estimate of drug-likeness (QED) is 0.754. The van der Waals surface area contributed by atoms with Crippen molar-refractivity contribution >= 4 is 23.2 Å². The average molecular weight is 291 g/mol. The van der Waals surface area contributed by atoms with Gasteiger partial charge in [0.25, 0.3) is 5.91 Å². The number of hydrogen-bond acceptors (Lipinski definition) is 2. The highest BCUT2D eigenvalue weighted by molar-refractivity contribution is 6.29. The Morgan fingerprint density at radius 1 is 1.35 bits per heavy atom. The summed E-state index contributed by atoms with van der Waals surface area (Å²) in [5, 5.41) is 0.251. The second-order valence-electron chi connectivity index (χ2n) is 4.68. The standard InChI is InChI=1S/C15H12ClFN2O/c16-13-9-11(6-7-18-13)15(20)19-8-2-4-10-3-1-5-12(17)14(10)19/h1,3,5-7,9H,2,4,8H2. The molecule has 0 radical (unpaired) electrons. The SMILES string of the molecule is O=C(c1ccnc(Cl)c1)N1CCCc2cccc(F)c21. The molecule has 2 heterocycles. The second kappa shape index (κ2) is 5.21. The largest absolute Gasteiger partial charge is 0.305 e. The van der Waals surface area contributed by atoms with Gasteiger partial charge in [-0.3, -0.25) is 4.79 Å². The van der Waals surface area contributed by atoms with E-state index in [1.807, 2.05) is 6.07 Å². The molecule has 3 nitrogen and oxygen atoms in total. The molecule has 0 aliphatic carbocycles. The fourth-order valence-electron chi connectivity index (χ4n) is 2.50. The Labute approximate surface area is 121 Å². The van der Waals surface area contributed by atoms with Crippen LogP contribution in [0.15, 0.2) is 36.5 Å². The van der Waals surface area contributed by atoms with Crippen LogP contribution in [-0.2, 0) is 6.42 Å². The van der Waals surface area contributed by atoms with Crippen molar-refractivity contribution in [2.45, 2.75) is 12.8 Å². The Morgan fingerprint density at radius 2 is 2.20 bits per heavy atom. The lowest BCUT2D eigenvalue weighted by Gasteiger charge is -2.29. The maximum Gasteiger partial charge on any atom is 0.258 e. The Balaban J connectivity index is 2.03. The first kappa shape index (κ1) is 13.1. The zero-order chi connectivity index (χ0) is 14.1. The van der Waals surface area contributed by atoms with Crippen LogP contribution in [0.4, 0.5) is 10.1 Å². The van der Waals surface area contributed by atoms with E-state index >= 15 is 0 Å². The molecule has 102 valence electrons. The van der Waals surface area contributed by atoms with Crippen LogP contribution < -0.4 is 4.90 Å². The van der Waals surface area contributed by atoms with E-state index in [1.54, 1.807) is 12.1 Å². The van der Waals surface area contributed by atoms with Crippen molar-refractivity contribution in [3.8, 4) is 0 Å². The first-order chi connectivity index (χ1) is 9.66. The number of aromatic nitrogens is 1. The molecule has 1 aliphatic rings. The summed E-state index contributed by atoms with van der Waals surface area (Å²) in [4.78, 5) is 17.9. The van der Waals surface area contributed by atoms with E-state index in [2.05, 4.69) is 4.98 Å². The lowest BCUT2D eigenvalue weighted by molar-refractivity contribution is 0.0984. The minimum Gasteiger partial charge on any atom is -0.305 e. The molecule has 0 bridgehead atoms. The van der Waals surface area contributed by atoms with Crippen LogP contribution in [0.5, 0.6) is 0 Å². The third-order valence-electron chi connectivity index (χ3n) is 3.39. The van der Waals surface area contributed by atoms with Crippen LogP contribution in [-0.4, -0.2) is 17.4 Å². The van der Waals surface area contributed by atoms with Gasteiger partial charge in [0.2, 0.25) is 0 Å². The van der Waals surface area contributed by atoms with Gasteiger partial charge in [-0.15, -0.1) is 0 Å². The van der Waals surface area contributed by atoms with Crippen molar-refractivity contribution < 1.29 is 9.18 Å². The molecule has 1 amide bonds. The van der Waals surface area contributed by atoms with Crippen molar-refractivity contribution in [1.29, 1.82) is 0 Å². The summed E-state index contributed by atoms with van der Waals surface area (Å²) in [6.45, 7) is 0.507. The molecule has 0 fully saturated rings. The smallest absolute Gasteiger partial charge is 0.258 e. The maximum absolute atomic E-state index is 14.0. The van der Waals surface area contributed by atoms with E-state index in [0.717, 1.165) is 18.4 Å². The van der Waals surface area contributed by atoms with Gasteiger partial charge < -0.3 is 4.90 Å². The van der Waals surface area contributed by atoms with E-state index in [0.29, 0.717) is 17.8 Å². The van der Waals surface area contributed by atoms with Crippen LogP contribution in [0, 0.1) is 5.82 Å². The fraction of sp³-hybridized carbons (Fsp3) is 0.200. The number of para-hydroxylation sites is 1. The van der Waals surface area contributed by atoms with E-state index in [1.165, 1.54) is 23.2 Å². The van der Waals surface area contributed by atoms with E-state index in [4.69, 9.17) is 11.6 Å². The Hall–Kier alpha value is -1.94. The molecule has 5 heteroatoms. The number of rotatable bonds is 1. The normalized spacial score (nSPS) is 14.0. The molecular formula is C15H12ClFN2O. The number of nitrogens with zero attached hydrogens (tertiary/aromatic N) is 2. The minimum absolute atomic E-state index is 0.250. The molecule has 0 N–H and O–H groups in total.